The third-order valence-electron chi connectivity index (χ3n) is 3.58. The van der Waals surface area contributed by atoms with Gasteiger partial charge < -0.3 is 20.5 Å². The number of aryl methyl sites for hydroxylation is 1. The molecule has 0 aliphatic carbocycles. The van der Waals surface area contributed by atoms with Crippen molar-refractivity contribution in [3.8, 4) is 17.2 Å². The second kappa shape index (κ2) is 8.48. The Morgan fingerprint density at radius 3 is 2.60 bits per heavy atom. The van der Waals surface area contributed by atoms with Gasteiger partial charge in [-0.05, 0) is 50.1 Å². The van der Waals surface area contributed by atoms with Crippen LogP contribution in [0.1, 0.15) is 25.3 Å². The molecule has 2 aromatic rings. The summed E-state index contributed by atoms with van der Waals surface area (Å²) in [7, 11) is 1.54. The van der Waals surface area contributed by atoms with Gasteiger partial charge in [0.05, 0.1) is 12.8 Å². The first-order valence-electron chi connectivity index (χ1n) is 8.06. The second-order valence-corrected chi connectivity index (χ2v) is 5.96. The van der Waals surface area contributed by atoms with E-state index in [0.29, 0.717) is 23.7 Å². The molecule has 134 valence electrons. The summed E-state index contributed by atoms with van der Waals surface area (Å²) in [4.78, 5) is 12.0. The van der Waals surface area contributed by atoms with E-state index in [1.165, 1.54) is 18.2 Å². The van der Waals surface area contributed by atoms with Gasteiger partial charge in [0, 0.05) is 18.5 Å². The molecule has 25 heavy (non-hydrogen) atoms. The van der Waals surface area contributed by atoms with Gasteiger partial charge >= 0.3 is 0 Å². The van der Waals surface area contributed by atoms with Crippen LogP contribution in [0.4, 0.5) is 10.1 Å². The van der Waals surface area contributed by atoms with Gasteiger partial charge in [0.1, 0.15) is 5.82 Å². The van der Waals surface area contributed by atoms with E-state index < -0.39 is 5.82 Å². The molecule has 3 N–H and O–H groups in total. The standard InChI is InChI=1S/C19H23FN2O3/c1-12-4-7-17(18(10-12)24-3)25-16-8-6-14(20)11-15(16)22-19(23)9-5-13(2)21/h4,6-8,10-11,13H,5,9,21H2,1-3H3,(H,22,23). The zero-order valence-electron chi connectivity index (χ0n) is 14.6. The molecule has 0 fully saturated rings. The number of methoxy groups -OCH3 is 1. The van der Waals surface area contributed by atoms with E-state index in [-0.39, 0.29) is 24.1 Å². The molecule has 0 heterocycles. The number of hydrogen-bond acceptors (Lipinski definition) is 4. The number of ether oxygens (including phenoxy) is 2. The van der Waals surface area contributed by atoms with Crippen LogP contribution in [0.5, 0.6) is 17.2 Å². The van der Waals surface area contributed by atoms with Crippen LogP contribution < -0.4 is 20.5 Å². The monoisotopic (exact) mass is 346 g/mol. The number of rotatable bonds is 7. The minimum atomic E-state index is -0.467. The highest BCUT2D eigenvalue weighted by Crippen LogP contribution is 2.36. The van der Waals surface area contributed by atoms with Crippen molar-refractivity contribution in [3.63, 3.8) is 0 Å². The van der Waals surface area contributed by atoms with Crippen LogP contribution in [0.2, 0.25) is 0 Å². The molecular weight excluding hydrogens is 323 g/mol. The third kappa shape index (κ3) is 5.46. The van der Waals surface area contributed by atoms with Crippen LogP contribution in [0, 0.1) is 12.7 Å². The minimum absolute atomic E-state index is 0.0780. The van der Waals surface area contributed by atoms with E-state index in [2.05, 4.69) is 5.32 Å². The largest absolute Gasteiger partial charge is 0.493 e. The van der Waals surface area contributed by atoms with Gasteiger partial charge in [-0.25, -0.2) is 4.39 Å². The number of hydrogen-bond donors (Lipinski definition) is 2. The molecule has 1 amide bonds. The molecule has 1 unspecified atom stereocenters. The summed E-state index contributed by atoms with van der Waals surface area (Å²) >= 11 is 0. The maximum atomic E-state index is 13.6. The molecule has 1 atom stereocenters. The van der Waals surface area contributed by atoms with Crippen molar-refractivity contribution in [1.29, 1.82) is 0 Å². The summed E-state index contributed by atoms with van der Waals surface area (Å²) in [5.41, 5.74) is 6.94. The Morgan fingerprint density at radius 2 is 1.92 bits per heavy atom. The topological polar surface area (TPSA) is 73.6 Å². The van der Waals surface area contributed by atoms with Crippen LogP contribution in [0.25, 0.3) is 0 Å². The molecular formula is C19H23FN2O3. The Kier molecular flexibility index (Phi) is 6.36. The number of nitrogens with one attached hydrogen (secondary N) is 1. The number of nitrogens with two attached hydrogens (primary N) is 1. The van der Waals surface area contributed by atoms with Crippen molar-refractivity contribution in [2.75, 3.05) is 12.4 Å². The SMILES string of the molecule is COc1cc(C)ccc1Oc1ccc(F)cc1NC(=O)CCC(C)N. The van der Waals surface area contributed by atoms with E-state index in [1.54, 1.807) is 13.2 Å². The van der Waals surface area contributed by atoms with Crippen LogP contribution in [-0.4, -0.2) is 19.1 Å². The highest BCUT2D eigenvalue weighted by molar-refractivity contribution is 5.92. The second-order valence-electron chi connectivity index (χ2n) is 5.96. The van der Waals surface area contributed by atoms with Gasteiger partial charge in [0.15, 0.2) is 17.2 Å². The summed E-state index contributed by atoms with van der Waals surface area (Å²) in [6.07, 6.45) is 0.796. The Hall–Kier alpha value is -2.60. The number of carbonyl (C=O) groups excluding carboxylic acids is 1. The molecule has 2 aromatic carbocycles. The highest BCUT2D eigenvalue weighted by Gasteiger charge is 2.13. The number of carbonyl (C=O) groups is 1. The fourth-order valence-electron chi connectivity index (χ4n) is 2.24. The van der Waals surface area contributed by atoms with Gasteiger partial charge in [-0.2, -0.15) is 0 Å². The Balaban J connectivity index is 2.22. The average molecular weight is 346 g/mol. The van der Waals surface area contributed by atoms with Gasteiger partial charge in [0.25, 0.3) is 0 Å². The maximum absolute atomic E-state index is 13.6. The maximum Gasteiger partial charge on any atom is 0.224 e. The molecule has 2 rings (SSSR count). The van der Waals surface area contributed by atoms with Crippen molar-refractivity contribution >= 4 is 11.6 Å². The van der Waals surface area contributed by atoms with Crippen LogP contribution >= 0.6 is 0 Å². The van der Waals surface area contributed by atoms with E-state index in [1.807, 2.05) is 26.0 Å². The van der Waals surface area contributed by atoms with Crippen molar-refractivity contribution < 1.29 is 18.7 Å². The molecule has 0 aromatic heterocycles. The quantitative estimate of drug-likeness (QED) is 0.795. The molecule has 0 aliphatic rings. The molecule has 0 radical (unpaired) electrons. The van der Waals surface area contributed by atoms with Crippen LogP contribution in [0.3, 0.4) is 0 Å². The van der Waals surface area contributed by atoms with Crippen molar-refractivity contribution in [2.45, 2.75) is 32.7 Å². The lowest BCUT2D eigenvalue weighted by atomic mass is 10.2. The smallest absolute Gasteiger partial charge is 0.224 e. The minimum Gasteiger partial charge on any atom is -0.493 e. The highest BCUT2D eigenvalue weighted by atomic mass is 19.1. The summed E-state index contributed by atoms with van der Waals surface area (Å²) in [5, 5.41) is 2.68. The molecule has 0 saturated carbocycles. The lowest BCUT2D eigenvalue weighted by Gasteiger charge is -2.15. The lowest BCUT2D eigenvalue weighted by Crippen LogP contribution is -2.19. The first kappa shape index (κ1) is 18.7. The van der Waals surface area contributed by atoms with E-state index in [9.17, 15) is 9.18 Å². The fourth-order valence-corrected chi connectivity index (χ4v) is 2.24. The molecule has 0 saturated heterocycles. The first-order chi connectivity index (χ1) is 11.9. The third-order valence-corrected chi connectivity index (χ3v) is 3.58. The number of anilines is 1. The Bertz CT molecular complexity index is 747. The van der Waals surface area contributed by atoms with E-state index in [4.69, 9.17) is 15.2 Å². The predicted octanol–water partition coefficient (Wildman–Crippen LogP) is 4.00. The van der Waals surface area contributed by atoms with Crippen molar-refractivity contribution in [1.82, 2.24) is 0 Å². The fraction of sp³-hybridized carbons (Fsp3) is 0.316. The summed E-state index contributed by atoms with van der Waals surface area (Å²) in [6.45, 7) is 3.77. The molecule has 5 nitrogen and oxygen atoms in total. The molecule has 0 aliphatic heterocycles. The Morgan fingerprint density at radius 1 is 1.20 bits per heavy atom. The van der Waals surface area contributed by atoms with Crippen molar-refractivity contribution in [3.05, 3.63) is 47.8 Å². The van der Waals surface area contributed by atoms with Gasteiger partial charge in [-0.15, -0.1) is 0 Å². The summed E-state index contributed by atoms with van der Waals surface area (Å²) < 4.78 is 24.7. The number of benzene rings is 2. The first-order valence-corrected chi connectivity index (χ1v) is 8.06. The summed E-state index contributed by atoms with van der Waals surface area (Å²) in [6, 6.07) is 9.36. The summed E-state index contributed by atoms with van der Waals surface area (Å²) in [5.74, 6) is 0.649. The predicted molar refractivity (Wildman–Crippen MR) is 95.7 cm³/mol. The lowest BCUT2D eigenvalue weighted by molar-refractivity contribution is -0.116. The molecule has 6 heteroatoms. The normalized spacial score (nSPS) is 11.7. The zero-order valence-corrected chi connectivity index (χ0v) is 14.6. The van der Waals surface area contributed by atoms with Gasteiger partial charge in [0.2, 0.25) is 5.91 Å². The van der Waals surface area contributed by atoms with Crippen molar-refractivity contribution in [2.24, 2.45) is 5.73 Å². The van der Waals surface area contributed by atoms with Gasteiger partial charge in [-0.1, -0.05) is 6.07 Å². The van der Waals surface area contributed by atoms with E-state index in [0.717, 1.165) is 5.56 Å². The van der Waals surface area contributed by atoms with E-state index >= 15 is 0 Å². The van der Waals surface area contributed by atoms with Crippen LogP contribution in [0.15, 0.2) is 36.4 Å². The van der Waals surface area contributed by atoms with Gasteiger partial charge in [-0.3, -0.25) is 4.79 Å². The zero-order chi connectivity index (χ0) is 18.4. The Labute approximate surface area is 146 Å². The number of amides is 1. The van der Waals surface area contributed by atoms with Crippen LogP contribution in [-0.2, 0) is 4.79 Å². The number of halogens is 1. The molecule has 0 bridgehead atoms. The average Bonchev–Trinajstić information content (AvgIpc) is 2.56. The molecule has 0 spiro atoms.